The van der Waals surface area contributed by atoms with E-state index in [4.69, 9.17) is 0 Å². The fraction of sp³-hybridized carbons (Fsp3) is 0.375. The topological polar surface area (TPSA) is 93.1 Å². The smallest absolute Gasteiger partial charge is 0.412 e. The monoisotopic (exact) mass is 527 g/mol. The molecule has 3 atom stereocenters. The second-order valence-electron chi connectivity index (χ2n) is 11.0. The Balaban J connectivity index is 1.51. The number of hydrogen-bond acceptors (Lipinski definition) is 4. The number of anilines is 1. The van der Waals surface area contributed by atoms with Crippen molar-refractivity contribution in [1.29, 1.82) is 0 Å². The molecule has 1 saturated carbocycles. The number of nitrogens with one attached hydrogen (secondary N) is 1. The minimum Gasteiger partial charge on any atom is -0.465 e. The first-order valence-corrected chi connectivity index (χ1v) is 13.8. The highest BCUT2D eigenvalue weighted by Gasteiger charge is 2.54. The minimum atomic E-state index is -1.27. The zero-order chi connectivity index (χ0) is 27.4. The highest BCUT2D eigenvalue weighted by atomic mass is 16.4. The summed E-state index contributed by atoms with van der Waals surface area (Å²) in [4.78, 5) is 29.9. The summed E-state index contributed by atoms with van der Waals surface area (Å²) in [5, 5.41) is 25.9. The Bertz CT molecular complexity index is 1250. The molecule has 1 aliphatic carbocycles. The van der Waals surface area contributed by atoms with E-state index in [0.29, 0.717) is 18.2 Å². The molecule has 204 valence electrons. The van der Waals surface area contributed by atoms with Crippen LogP contribution in [0.15, 0.2) is 91.0 Å². The van der Waals surface area contributed by atoms with Gasteiger partial charge in [0.15, 0.2) is 0 Å². The Morgan fingerprint density at radius 3 is 2.05 bits per heavy atom. The van der Waals surface area contributed by atoms with Gasteiger partial charge in [0.25, 0.3) is 0 Å². The van der Waals surface area contributed by atoms with Crippen molar-refractivity contribution in [2.24, 2.45) is 5.92 Å². The lowest BCUT2D eigenvalue weighted by Gasteiger charge is -2.43. The third-order valence-electron chi connectivity index (χ3n) is 8.35. The highest BCUT2D eigenvalue weighted by Crippen LogP contribution is 2.40. The van der Waals surface area contributed by atoms with Crippen molar-refractivity contribution in [3.8, 4) is 0 Å². The van der Waals surface area contributed by atoms with Gasteiger partial charge in [0.1, 0.15) is 6.04 Å². The molecule has 1 heterocycles. The number of hydrogen-bond donors (Lipinski definition) is 3. The molecular weight excluding hydrogens is 490 g/mol. The molecule has 39 heavy (non-hydrogen) atoms. The van der Waals surface area contributed by atoms with Crippen molar-refractivity contribution < 1.29 is 19.8 Å². The number of benzene rings is 3. The molecule has 3 aromatic carbocycles. The molecule has 1 aliphatic heterocycles. The number of nitrogens with zero attached hydrogens (tertiary/aromatic N) is 2. The first kappa shape index (κ1) is 26.9. The van der Waals surface area contributed by atoms with Crippen LogP contribution in [0.3, 0.4) is 0 Å². The van der Waals surface area contributed by atoms with E-state index in [9.17, 15) is 19.8 Å². The molecule has 7 heteroatoms. The van der Waals surface area contributed by atoms with Gasteiger partial charge in [-0.25, -0.2) is 4.79 Å². The lowest BCUT2D eigenvalue weighted by atomic mass is 9.82. The van der Waals surface area contributed by atoms with Gasteiger partial charge in [-0.15, -0.1) is 0 Å². The van der Waals surface area contributed by atoms with E-state index in [1.165, 1.54) is 4.90 Å². The number of carboxylic acid groups (broad SMARTS) is 1. The van der Waals surface area contributed by atoms with Crippen LogP contribution in [0.5, 0.6) is 0 Å². The van der Waals surface area contributed by atoms with E-state index in [1.807, 2.05) is 71.6 Å². The zero-order valence-corrected chi connectivity index (χ0v) is 22.3. The Morgan fingerprint density at radius 1 is 0.949 bits per heavy atom. The van der Waals surface area contributed by atoms with Crippen LogP contribution >= 0.6 is 0 Å². The maximum atomic E-state index is 14.1. The summed E-state index contributed by atoms with van der Waals surface area (Å²) in [6, 6.07) is 26.4. The molecule has 2 aliphatic rings. The summed E-state index contributed by atoms with van der Waals surface area (Å²) in [6.45, 7) is 2.67. The van der Waals surface area contributed by atoms with Gasteiger partial charge >= 0.3 is 6.09 Å². The summed E-state index contributed by atoms with van der Waals surface area (Å²) in [6.07, 6.45) is 1.36. The maximum Gasteiger partial charge on any atom is 0.412 e. The summed E-state index contributed by atoms with van der Waals surface area (Å²) >= 11 is 0. The van der Waals surface area contributed by atoms with Crippen molar-refractivity contribution in [2.75, 3.05) is 4.90 Å². The number of carbonyl (C=O) groups excluding carboxylic acids is 1. The van der Waals surface area contributed by atoms with Gasteiger partial charge in [0.2, 0.25) is 5.91 Å². The lowest BCUT2D eigenvalue weighted by molar-refractivity contribution is -0.135. The molecule has 5 rings (SSSR count). The molecule has 3 N–H and O–H groups in total. The fourth-order valence-corrected chi connectivity index (χ4v) is 6.16. The van der Waals surface area contributed by atoms with E-state index in [1.54, 1.807) is 24.3 Å². The van der Waals surface area contributed by atoms with Gasteiger partial charge in [-0.2, -0.15) is 0 Å². The second-order valence-corrected chi connectivity index (χ2v) is 11.0. The summed E-state index contributed by atoms with van der Waals surface area (Å²) in [5.74, 6) is 0.388. The molecule has 1 saturated heterocycles. The van der Waals surface area contributed by atoms with Crippen LogP contribution in [0.2, 0.25) is 0 Å². The van der Waals surface area contributed by atoms with Gasteiger partial charge in [-0.05, 0) is 61.3 Å². The third kappa shape index (κ3) is 5.70. The standard InChI is InChI=1S/C32H37N3O4/c1-23-17-19-32(20-18-23)33-28(30(37)34(32)22-25-13-7-3-8-14-25)29(36)27(21-24-11-5-2-6-12-24)35(31(38)39)26-15-9-4-10-16-26/h2-16,23,27-29,33,36H,17-22H2,1H3,(H,38,39)/t23?,27-,28-,29+,32?/m0/s1. The molecule has 0 unspecified atom stereocenters. The van der Waals surface area contributed by atoms with Gasteiger partial charge in [-0.1, -0.05) is 85.8 Å². The normalized spacial score (nSPS) is 24.5. The average Bonchev–Trinajstić information content (AvgIpc) is 3.22. The van der Waals surface area contributed by atoms with Crippen LogP contribution < -0.4 is 10.2 Å². The molecule has 2 fully saturated rings. The molecule has 7 nitrogen and oxygen atoms in total. The second kappa shape index (κ2) is 11.6. The number of rotatable bonds is 8. The number of carbonyl (C=O) groups is 2. The van der Waals surface area contributed by atoms with Gasteiger partial charge in [0, 0.05) is 12.2 Å². The first-order valence-electron chi connectivity index (χ1n) is 13.8. The number of aliphatic hydroxyl groups excluding tert-OH is 1. The molecule has 0 aromatic heterocycles. The molecular formula is C32H37N3O4. The first-order chi connectivity index (χ1) is 18.9. The van der Waals surface area contributed by atoms with E-state index < -0.39 is 29.9 Å². The predicted molar refractivity (Wildman–Crippen MR) is 151 cm³/mol. The van der Waals surface area contributed by atoms with E-state index >= 15 is 0 Å². The van der Waals surface area contributed by atoms with Crippen LogP contribution in [0.4, 0.5) is 10.5 Å². The number of para-hydroxylation sites is 1. The molecule has 3 aromatic rings. The molecule has 0 bridgehead atoms. The van der Waals surface area contributed by atoms with Crippen LogP contribution in [-0.4, -0.2) is 51.0 Å². The van der Waals surface area contributed by atoms with Crippen molar-refractivity contribution >= 4 is 17.7 Å². The zero-order valence-electron chi connectivity index (χ0n) is 22.3. The summed E-state index contributed by atoms with van der Waals surface area (Å²) in [7, 11) is 0. The third-order valence-corrected chi connectivity index (χ3v) is 8.35. The van der Waals surface area contributed by atoms with Crippen LogP contribution in [0.25, 0.3) is 0 Å². The minimum absolute atomic E-state index is 0.183. The summed E-state index contributed by atoms with van der Waals surface area (Å²) < 4.78 is 0. The van der Waals surface area contributed by atoms with Crippen molar-refractivity contribution in [3.63, 3.8) is 0 Å². The van der Waals surface area contributed by atoms with Crippen LogP contribution in [-0.2, 0) is 17.8 Å². The highest BCUT2D eigenvalue weighted by molar-refractivity contribution is 5.89. The Hall–Kier alpha value is -3.68. The predicted octanol–water partition coefficient (Wildman–Crippen LogP) is 5.05. The van der Waals surface area contributed by atoms with Gasteiger partial charge < -0.3 is 15.1 Å². The van der Waals surface area contributed by atoms with Crippen molar-refractivity contribution in [3.05, 3.63) is 102 Å². The Kier molecular flexibility index (Phi) is 8.00. The Labute approximate surface area is 230 Å². The molecule has 1 spiro atoms. The summed E-state index contributed by atoms with van der Waals surface area (Å²) in [5.41, 5.74) is 1.80. The quantitative estimate of drug-likeness (QED) is 0.381. The van der Waals surface area contributed by atoms with Crippen LogP contribution in [0.1, 0.15) is 43.7 Å². The van der Waals surface area contributed by atoms with Crippen molar-refractivity contribution in [2.45, 2.75) is 69.4 Å². The lowest BCUT2D eigenvalue weighted by Crippen LogP contribution is -2.58. The van der Waals surface area contributed by atoms with Gasteiger partial charge in [-0.3, -0.25) is 15.0 Å². The van der Waals surface area contributed by atoms with Crippen molar-refractivity contribution in [1.82, 2.24) is 10.2 Å². The Morgan fingerprint density at radius 2 is 1.49 bits per heavy atom. The van der Waals surface area contributed by atoms with E-state index in [2.05, 4.69) is 12.2 Å². The maximum absolute atomic E-state index is 14.1. The largest absolute Gasteiger partial charge is 0.465 e. The molecule has 0 radical (unpaired) electrons. The fourth-order valence-electron chi connectivity index (χ4n) is 6.16. The number of amides is 2. The van der Waals surface area contributed by atoms with E-state index in [0.717, 1.165) is 36.8 Å². The van der Waals surface area contributed by atoms with E-state index in [-0.39, 0.29) is 12.3 Å². The van der Waals surface area contributed by atoms with Gasteiger partial charge in [0.05, 0.1) is 17.8 Å². The SMILES string of the molecule is CC1CCC2(CC1)N[C@@H]([C@H](O)[C@H](Cc1ccccc1)N(C(=O)O)c1ccccc1)C(=O)N2Cc1ccccc1. The van der Waals surface area contributed by atoms with Crippen LogP contribution in [0, 0.1) is 5.92 Å². The average molecular weight is 528 g/mol. The number of aliphatic hydroxyl groups is 1. The molecule has 2 amide bonds.